The van der Waals surface area contributed by atoms with Crippen molar-refractivity contribution < 1.29 is 14.3 Å². The largest absolute Gasteiger partial charge is 0.504 e. The highest BCUT2D eigenvalue weighted by Crippen LogP contribution is 2.31. The molecule has 14 heavy (non-hydrogen) atoms. The molecule has 0 bridgehead atoms. The van der Waals surface area contributed by atoms with E-state index in [1.165, 1.54) is 0 Å². The smallest absolute Gasteiger partial charge is 0.288 e. The zero-order valence-electron chi connectivity index (χ0n) is 7.57. The number of hydrogen-bond donors (Lipinski definition) is 2. The third-order valence-electron chi connectivity index (χ3n) is 2.04. The summed E-state index contributed by atoms with van der Waals surface area (Å²) in [4.78, 5) is 10.8. The van der Waals surface area contributed by atoms with E-state index in [1.807, 2.05) is 13.0 Å². The summed E-state index contributed by atoms with van der Waals surface area (Å²) >= 11 is 0. The lowest BCUT2D eigenvalue weighted by Gasteiger charge is -1.90. The molecule has 72 valence electrons. The van der Waals surface area contributed by atoms with E-state index in [-0.39, 0.29) is 11.5 Å². The van der Waals surface area contributed by atoms with Crippen LogP contribution in [0.3, 0.4) is 0 Å². The van der Waals surface area contributed by atoms with Crippen LogP contribution < -0.4 is 5.73 Å². The third kappa shape index (κ3) is 1.12. The predicted molar refractivity (Wildman–Crippen MR) is 51.1 cm³/mol. The number of aryl methyl sites for hydroxylation is 1. The van der Waals surface area contributed by atoms with Gasteiger partial charge in [-0.2, -0.15) is 0 Å². The lowest BCUT2D eigenvalue weighted by atomic mass is 10.1. The highest BCUT2D eigenvalue weighted by Gasteiger charge is 2.17. The van der Waals surface area contributed by atoms with Crippen molar-refractivity contribution in [1.29, 1.82) is 0 Å². The minimum atomic E-state index is -0.767. The first-order valence-corrected chi connectivity index (χ1v) is 4.11. The topological polar surface area (TPSA) is 76.5 Å². The Balaban J connectivity index is 2.80. The molecule has 0 aliphatic heterocycles. The Kier molecular flexibility index (Phi) is 1.70. The average molecular weight is 191 g/mol. The lowest BCUT2D eigenvalue weighted by Crippen LogP contribution is -2.09. The van der Waals surface area contributed by atoms with E-state index in [0.717, 1.165) is 5.56 Å². The van der Waals surface area contributed by atoms with E-state index in [9.17, 15) is 9.90 Å². The van der Waals surface area contributed by atoms with Crippen LogP contribution in [0, 0.1) is 6.92 Å². The molecule has 1 amide bonds. The molecule has 4 nitrogen and oxygen atoms in total. The second-order valence-corrected chi connectivity index (χ2v) is 3.14. The van der Waals surface area contributed by atoms with E-state index in [2.05, 4.69) is 0 Å². The fourth-order valence-electron chi connectivity index (χ4n) is 1.37. The number of furan rings is 1. The van der Waals surface area contributed by atoms with E-state index in [0.29, 0.717) is 11.0 Å². The van der Waals surface area contributed by atoms with Gasteiger partial charge in [0.05, 0.1) is 5.39 Å². The summed E-state index contributed by atoms with van der Waals surface area (Å²) in [7, 11) is 0. The fourth-order valence-corrected chi connectivity index (χ4v) is 1.37. The standard InChI is InChI=1S/C10H9NO3/c1-5-2-3-7-6(4-5)8(12)9(14-7)10(11)13/h2-4,12H,1H3,(H2,11,13). The second kappa shape index (κ2) is 2.77. The Bertz CT molecular complexity index is 513. The summed E-state index contributed by atoms with van der Waals surface area (Å²) in [5.74, 6) is -1.14. The van der Waals surface area contributed by atoms with Gasteiger partial charge in [0.1, 0.15) is 5.58 Å². The number of carbonyl (C=O) groups is 1. The Morgan fingerprint density at radius 3 is 2.86 bits per heavy atom. The van der Waals surface area contributed by atoms with Crippen molar-refractivity contribution >= 4 is 16.9 Å². The first kappa shape index (κ1) is 8.62. The summed E-state index contributed by atoms with van der Waals surface area (Å²) in [6.07, 6.45) is 0. The van der Waals surface area contributed by atoms with Gasteiger partial charge in [0, 0.05) is 0 Å². The molecule has 2 rings (SSSR count). The molecule has 0 saturated heterocycles. The van der Waals surface area contributed by atoms with E-state index < -0.39 is 5.91 Å². The number of aromatic hydroxyl groups is 1. The van der Waals surface area contributed by atoms with Crippen molar-refractivity contribution in [3.63, 3.8) is 0 Å². The quantitative estimate of drug-likeness (QED) is 0.717. The highest BCUT2D eigenvalue weighted by molar-refractivity contribution is 6.00. The summed E-state index contributed by atoms with van der Waals surface area (Å²) in [6, 6.07) is 5.26. The van der Waals surface area contributed by atoms with Crippen molar-refractivity contribution in [2.45, 2.75) is 6.92 Å². The predicted octanol–water partition coefficient (Wildman–Crippen LogP) is 1.55. The molecule has 0 aliphatic rings. The molecule has 0 aliphatic carbocycles. The molecule has 1 aromatic carbocycles. The maximum atomic E-state index is 10.8. The highest BCUT2D eigenvalue weighted by atomic mass is 16.4. The van der Waals surface area contributed by atoms with Crippen LogP contribution in [0.1, 0.15) is 16.1 Å². The molecule has 0 radical (unpaired) electrons. The number of amides is 1. The van der Waals surface area contributed by atoms with Gasteiger partial charge in [-0.3, -0.25) is 4.79 Å². The van der Waals surface area contributed by atoms with E-state index in [4.69, 9.17) is 10.2 Å². The van der Waals surface area contributed by atoms with Gasteiger partial charge in [-0.1, -0.05) is 11.6 Å². The van der Waals surface area contributed by atoms with Crippen molar-refractivity contribution in [2.75, 3.05) is 0 Å². The maximum absolute atomic E-state index is 10.8. The summed E-state index contributed by atoms with van der Waals surface area (Å²) in [5, 5.41) is 10.1. The molecular formula is C10H9NO3. The zero-order chi connectivity index (χ0) is 10.3. The third-order valence-corrected chi connectivity index (χ3v) is 2.04. The molecular weight excluding hydrogens is 182 g/mol. The number of rotatable bonds is 1. The van der Waals surface area contributed by atoms with Crippen LogP contribution in [0.15, 0.2) is 22.6 Å². The fraction of sp³-hybridized carbons (Fsp3) is 0.100. The van der Waals surface area contributed by atoms with Crippen LogP contribution >= 0.6 is 0 Å². The van der Waals surface area contributed by atoms with Crippen LogP contribution in [0.2, 0.25) is 0 Å². The van der Waals surface area contributed by atoms with Gasteiger partial charge in [0.15, 0.2) is 5.75 Å². The van der Waals surface area contributed by atoms with Crippen LogP contribution in [0.25, 0.3) is 11.0 Å². The second-order valence-electron chi connectivity index (χ2n) is 3.14. The van der Waals surface area contributed by atoms with Crippen molar-refractivity contribution in [3.05, 3.63) is 29.5 Å². The van der Waals surface area contributed by atoms with Crippen LogP contribution in [0.4, 0.5) is 0 Å². The van der Waals surface area contributed by atoms with Gasteiger partial charge in [-0.05, 0) is 19.1 Å². The summed E-state index contributed by atoms with van der Waals surface area (Å²) < 4.78 is 5.09. The number of hydrogen-bond acceptors (Lipinski definition) is 3. The monoisotopic (exact) mass is 191 g/mol. The maximum Gasteiger partial charge on any atom is 0.288 e. The van der Waals surface area contributed by atoms with Crippen molar-refractivity contribution in [3.8, 4) is 5.75 Å². The van der Waals surface area contributed by atoms with Gasteiger partial charge in [-0.15, -0.1) is 0 Å². The van der Waals surface area contributed by atoms with Gasteiger partial charge < -0.3 is 15.3 Å². The first-order chi connectivity index (χ1) is 6.59. The van der Waals surface area contributed by atoms with E-state index in [1.54, 1.807) is 12.1 Å². The number of carbonyl (C=O) groups excluding carboxylic acids is 1. The number of benzene rings is 1. The Labute approximate surface area is 79.9 Å². The van der Waals surface area contributed by atoms with Gasteiger partial charge in [-0.25, -0.2) is 0 Å². The van der Waals surface area contributed by atoms with Crippen LogP contribution in [-0.4, -0.2) is 11.0 Å². The number of fused-ring (bicyclic) bond motifs is 1. The molecule has 2 aromatic rings. The van der Waals surface area contributed by atoms with E-state index >= 15 is 0 Å². The minimum absolute atomic E-state index is 0.184. The van der Waals surface area contributed by atoms with Gasteiger partial charge in [0.2, 0.25) is 5.76 Å². The molecule has 0 atom stereocenters. The zero-order valence-corrected chi connectivity index (χ0v) is 7.57. The number of primary amides is 1. The molecule has 1 heterocycles. The van der Waals surface area contributed by atoms with Crippen molar-refractivity contribution in [2.24, 2.45) is 5.73 Å². The molecule has 0 fully saturated rings. The molecule has 0 saturated carbocycles. The van der Waals surface area contributed by atoms with Gasteiger partial charge >= 0.3 is 0 Å². The SMILES string of the molecule is Cc1ccc2oc(C(N)=O)c(O)c2c1. The minimum Gasteiger partial charge on any atom is -0.504 e. The Morgan fingerprint density at radius 1 is 1.50 bits per heavy atom. The van der Waals surface area contributed by atoms with Crippen LogP contribution in [0.5, 0.6) is 5.75 Å². The summed E-state index contributed by atoms with van der Waals surface area (Å²) in [6.45, 7) is 1.88. The Hall–Kier alpha value is -1.97. The van der Waals surface area contributed by atoms with Crippen LogP contribution in [-0.2, 0) is 0 Å². The average Bonchev–Trinajstić information content (AvgIpc) is 2.44. The van der Waals surface area contributed by atoms with Gasteiger partial charge in [0.25, 0.3) is 5.91 Å². The molecule has 4 heteroatoms. The molecule has 0 unspecified atom stereocenters. The first-order valence-electron chi connectivity index (χ1n) is 4.11. The lowest BCUT2D eigenvalue weighted by molar-refractivity contribution is 0.0972. The molecule has 3 N–H and O–H groups in total. The summed E-state index contributed by atoms with van der Waals surface area (Å²) in [5.41, 5.74) is 6.46. The molecule has 0 spiro atoms. The van der Waals surface area contributed by atoms with Crippen molar-refractivity contribution in [1.82, 2.24) is 0 Å². The molecule has 1 aromatic heterocycles. The number of nitrogens with two attached hydrogens (primary N) is 1. The Morgan fingerprint density at radius 2 is 2.21 bits per heavy atom. The normalized spacial score (nSPS) is 10.6.